The standard InChI is InChI=1S/C13H13F3N2S2/c1-8-3-4-9(5-11(8)19)10-6-12(17-18(10)2)20-7-13(14,15)16/h3-6,19H,7H2,1-2H3. The maximum atomic E-state index is 12.2. The quantitative estimate of drug-likeness (QED) is 0.670. The number of thioether (sulfide) groups is 1. The van der Waals surface area contributed by atoms with Crippen molar-refractivity contribution in [3.8, 4) is 11.3 Å². The molecule has 0 aliphatic rings. The first-order valence-electron chi connectivity index (χ1n) is 5.80. The van der Waals surface area contributed by atoms with Crippen LogP contribution in [-0.4, -0.2) is 21.7 Å². The van der Waals surface area contributed by atoms with Gasteiger partial charge in [0.2, 0.25) is 0 Å². The van der Waals surface area contributed by atoms with Gasteiger partial charge in [-0.25, -0.2) is 0 Å². The Bertz CT molecular complexity index is 621. The van der Waals surface area contributed by atoms with Crippen LogP contribution in [0.3, 0.4) is 0 Å². The number of thiol groups is 1. The lowest BCUT2D eigenvalue weighted by molar-refractivity contribution is -0.105. The van der Waals surface area contributed by atoms with Gasteiger partial charge in [-0.1, -0.05) is 23.9 Å². The van der Waals surface area contributed by atoms with Gasteiger partial charge in [0.05, 0.1) is 11.4 Å². The summed E-state index contributed by atoms with van der Waals surface area (Å²) < 4.78 is 38.2. The summed E-state index contributed by atoms with van der Waals surface area (Å²) in [5.74, 6) is -0.935. The lowest BCUT2D eigenvalue weighted by atomic mass is 10.1. The normalized spacial score (nSPS) is 11.9. The summed E-state index contributed by atoms with van der Waals surface area (Å²) >= 11 is 5.04. The van der Waals surface area contributed by atoms with Crippen LogP contribution >= 0.6 is 24.4 Å². The van der Waals surface area contributed by atoms with Gasteiger partial charge in [0, 0.05) is 17.5 Å². The van der Waals surface area contributed by atoms with E-state index in [1.807, 2.05) is 25.1 Å². The number of alkyl halides is 3. The molecule has 0 aliphatic carbocycles. The van der Waals surface area contributed by atoms with Crippen molar-refractivity contribution >= 4 is 24.4 Å². The minimum absolute atomic E-state index is 0.362. The van der Waals surface area contributed by atoms with Crippen LogP contribution in [0.25, 0.3) is 11.3 Å². The van der Waals surface area contributed by atoms with E-state index in [4.69, 9.17) is 0 Å². The molecule has 1 heterocycles. The molecule has 0 radical (unpaired) electrons. The van der Waals surface area contributed by atoms with Crippen molar-refractivity contribution in [1.82, 2.24) is 9.78 Å². The Hall–Kier alpha value is -1.08. The second-order valence-corrected chi connectivity index (χ2v) is 5.87. The maximum Gasteiger partial charge on any atom is 0.398 e. The number of hydrogen-bond acceptors (Lipinski definition) is 3. The number of aryl methyl sites for hydroxylation is 2. The number of nitrogens with zero attached hydrogens (tertiary/aromatic N) is 2. The topological polar surface area (TPSA) is 17.8 Å². The molecule has 1 aromatic carbocycles. The average Bonchev–Trinajstić information content (AvgIpc) is 2.71. The molecule has 1 aromatic heterocycles. The molecule has 0 amide bonds. The third-order valence-corrected chi connectivity index (χ3v) is 4.19. The maximum absolute atomic E-state index is 12.2. The van der Waals surface area contributed by atoms with E-state index in [0.29, 0.717) is 16.8 Å². The van der Waals surface area contributed by atoms with E-state index in [1.54, 1.807) is 17.8 Å². The van der Waals surface area contributed by atoms with Crippen LogP contribution in [0.15, 0.2) is 34.2 Å². The largest absolute Gasteiger partial charge is 0.398 e. The fraction of sp³-hybridized carbons (Fsp3) is 0.308. The molecule has 2 nitrogen and oxygen atoms in total. The summed E-state index contributed by atoms with van der Waals surface area (Å²) in [5, 5.41) is 4.46. The van der Waals surface area contributed by atoms with Gasteiger partial charge in [-0.05, 0) is 24.6 Å². The SMILES string of the molecule is Cc1ccc(-c2cc(SCC(F)(F)F)nn2C)cc1S. The minimum atomic E-state index is -4.19. The Kier molecular flexibility index (Phi) is 4.39. The second-order valence-electron chi connectivity index (χ2n) is 4.40. The van der Waals surface area contributed by atoms with Crippen LogP contribution in [0, 0.1) is 6.92 Å². The van der Waals surface area contributed by atoms with E-state index < -0.39 is 11.9 Å². The molecule has 0 fully saturated rings. The highest BCUT2D eigenvalue weighted by Gasteiger charge is 2.28. The van der Waals surface area contributed by atoms with Gasteiger partial charge in [0.1, 0.15) is 5.03 Å². The highest BCUT2D eigenvalue weighted by Crippen LogP contribution is 2.30. The molecular formula is C13H13F3N2S2. The Morgan fingerprint density at radius 1 is 1.30 bits per heavy atom. The summed E-state index contributed by atoms with van der Waals surface area (Å²) in [6.45, 7) is 1.94. The molecule has 0 unspecified atom stereocenters. The third kappa shape index (κ3) is 3.73. The van der Waals surface area contributed by atoms with Crippen molar-refractivity contribution in [1.29, 1.82) is 0 Å². The molecule has 2 aromatic rings. The highest BCUT2D eigenvalue weighted by atomic mass is 32.2. The van der Waals surface area contributed by atoms with Crippen LogP contribution < -0.4 is 0 Å². The number of hydrogen-bond donors (Lipinski definition) is 1. The zero-order valence-electron chi connectivity index (χ0n) is 10.9. The smallest absolute Gasteiger partial charge is 0.267 e. The Morgan fingerprint density at radius 3 is 2.60 bits per heavy atom. The molecule has 7 heteroatoms. The van der Waals surface area contributed by atoms with Crippen LogP contribution in [0.1, 0.15) is 5.56 Å². The molecule has 0 atom stereocenters. The van der Waals surface area contributed by atoms with E-state index in [-0.39, 0.29) is 0 Å². The van der Waals surface area contributed by atoms with Crippen LogP contribution in [-0.2, 0) is 7.05 Å². The highest BCUT2D eigenvalue weighted by molar-refractivity contribution is 7.99. The van der Waals surface area contributed by atoms with Gasteiger partial charge in [-0.2, -0.15) is 18.3 Å². The zero-order chi connectivity index (χ0) is 14.9. The van der Waals surface area contributed by atoms with Gasteiger partial charge in [0.15, 0.2) is 0 Å². The van der Waals surface area contributed by atoms with Crippen molar-refractivity contribution in [2.24, 2.45) is 7.05 Å². The van der Waals surface area contributed by atoms with Gasteiger partial charge in [-0.3, -0.25) is 4.68 Å². The van der Waals surface area contributed by atoms with E-state index in [2.05, 4.69) is 17.7 Å². The van der Waals surface area contributed by atoms with Crippen LogP contribution in [0.4, 0.5) is 13.2 Å². The first-order valence-corrected chi connectivity index (χ1v) is 7.23. The molecule has 0 spiro atoms. The summed E-state index contributed by atoms with van der Waals surface area (Å²) in [7, 11) is 1.71. The molecule has 2 rings (SSSR count). The first kappa shape index (κ1) is 15.3. The first-order chi connectivity index (χ1) is 9.26. The monoisotopic (exact) mass is 318 g/mol. The number of aromatic nitrogens is 2. The van der Waals surface area contributed by atoms with E-state index >= 15 is 0 Å². The molecule has 0 aliphatic heterocycles. The second kappa shape index (κ2) is 5.73. The van der Waals surface area contributed by atoms with Crippen molar-refractivity contribution < 1.29 is 13.2 Å². The van der Waals surface area contributed by atoms with Crippen LogP contribution in [0.5, 0.6) is 0 Å². The summed E-state index contributed by atoms with van der Waals surface area (Å²) in [6, 6.07) is 7.37. The van der Waals surface area contributed by atoms with E-state index in [0.717, 1.165) is 21.7 Å². The van der Waals surface area contributed by atoms with Crippen molar-refractivity contribution in [3.05, 3.63) is 29.8 Å². The minimum Gasteiger partial charge on any atom is -0.267 e. The van der Waals surface area contributed by atoms with Gasteiger partial charge in [-0.15, -0.1) is 12.6 Å². The van der Waals surface area contributed by atoms with E-state index in [1.165, 1.54) is 0 Å². The molecule has 0 bridgehead atoms. The summed E-state index contributed by atoms with van der Waals surface area (Å²) in [5.41, 5.74) is 2.70. The summed E-state index contributed by atoms with van der Waals surface area (Å²) in [4.78, 5) is 0.841. The Morgan fingerprint density at radius 2 is 2.00 bits per heavy atom. The number of benzene rings is 1. The molecule has 0 N–H and O–H groups in total. The Balaban J connectivity index is 2.25. The van der Waals surface area contributed by atoms with Gasteiger partial charge < -0.3 is 0 Å². The van der Waals surface area contributed by atoms with Gasteiger partial charge in [0.25, 0.3) is 0 Å². The number of halogens is 3. The third-order valence-electron chi connectivity index (χ3n) is 2.75. The van der Waals surface area contributed by atoms with Crippen molar-refractivity contribution in [3.63, 3.8) is 0 Å². The van der Waals surface area contributed by atoms with Crippen molar-refractivity contribution in [2.75, 3.05) is 5.75 Å². The van der Waals surface area contributed by atoms with Crippen molar-refractivity contribution in [2.45, 2.75) is 23.0 Å². The predicted molar refractivity (Wildman–Crippen MR) is 77.4 cm³/mol. The average molecular weight is 318 g/mol. The molecular weight excluding hydrogens is 305 g/mol. The molecule has 0 saturated carbocycles. The van der Waals surface area contributed by atoms with Crippen LogP contribution in [0.2, 0.25) is 0 Å². The molecule has 108 valence electrons. The number of rotatable bonds is 3. The van der Waals surface area contributed by atoms with Gasteiger partial charge >= 0.3 is 6.18 Å². The molecule has 20 heavy (non-hydrogen) atoms. The summed E-state index contributed by atoms with van der Waals surface area (Å²) in [6.07, 6.45) is -4.19. The molecule has 0 saturated heterocycles. The Labute approximate surface area is 124 Å². The lowest BCUT2D eigenvalue weighted by Crippen LogP contribution is -2.10. The lowest BCUT2D eigenvalue weighted by Gasteiger charge is -2.04. The zero-order valence-corrected chi connectivity index (χ0v) is 12.6. The fourth-order valence-electron chi connectivity index (χ4n) is 1.71. The van der Waals surface area contributed by atoms with E-state index in [9.17, 15) is 13.2 Å². The fourth-order valence-corrected chi connectivity index (χ4v) is 2.61. The predicted octanol–water partition coefficient (Wildman–Crippen LogP) is 4.34.